The zero-order valence-electron chi connectivity index (χ0n) is 18.0. The van der Waals surface area contributed by atoms with Crippen LogP contribution in [0.2, 0.25) is 0 Å². The van der Waals surface area contributed by atoms with Crippen LogP contribution in [0.4, 0.5) is 11.4 Å². The summed E-state index contributed by atoms with van der Waals surface area (Å²) in [6, 6.07) is 18.9. The van der Waals surface area contributed by atoms with Gasteiger partial charge >= 0.3 is 5.97 Å². The maximum atomic E-state index is 11.5. The second-order valence-electron chi connectivity index (χ2n) is 7.69. The molecule has 0 amide bonds. The molecule has 0 saturated heterocycles. The Bertz CT molecular complexity index is 1410. The number of carbonyl (C=O) groups excluding carboxylic acids is 1. The number of ether oxygens (including phenoxy) is 2. The standard InChI is InChI=1S/C26H23N2O3/c1-27-22-13-16(10-12-24(29)31-4)9-11-19(22)26-25-20(14-17(30-3)15-23(25)27)18-7-5-6-8-21(18)28(26)2/h5-15H,1-4H3/q+1/b12-10+. The molecule has 1 aromatic heterocycles. The largest absolute Gasteiger partial charge is 0.497 e. The van der Waals surface area contributed by atoms with E-state index >= 15 is 0 Å². The fourth-order valence-electron chi connectivity index (χ4n) is 4.53. The van der Waals surface area contributed by atoms with Gasteiger partial charge in [-0.05, 0) is 35.9 Å². The molecule has 5 rings (SSSR count). The second-order valence-corrected chi connectivity index (χ2v) is 7.69. The van der Waals surface area contributed by atoms with E-state index < -0.39 is 0 Å². The molecule has 0 atom stereocenters. The number of carbonyl (C=O) groups is 1. The minimum absolute atomic E-state index is 0.371. The maximum Gasteiger partial charge on any atom is 0.330 e. The number of methoxy groups -OCH3 is 2. The summed E-state index contributed by atoms with van der Waals surface area (Å²) >= 11 is 0. The number of benzene rings is 3. The molecule has 0 bridgehead atoms. The number of esters is 1. The van der Waals surface area contributed by atoms with E-state index in [0.717, 1.165) is 33.8 Å². The van der Waals surface area contributed by atoms with Crippen molar-refractivity contribution in [3.05, 3.63) is 66.2 Å². The zero-order chi connectivity index (χ0) is 21.7. The number of aryl methyl sites for hydroxylation is 1. The first-order valence-electron chi connectivity index (χ1n) is 10.1. The van der Waals surface area contributed by atoms with Gasteiger partial charge in [0.25, 0.3) is 0 Å². The first-order chi connectivity index (χ1) is 15.0. The molecule has 0 aliphatic carbocycles. The molecular weight excluding hydrogens is 388 g/mol. The van der Waals surface area contributed by atoms with Crippen LogP contribution in [0.25, 0.3) is 39.0 Å². The van der Waals surface area contributed by atoms with Gasteiger partial charge in [0.15, 0.2) is 0 Å². The molecule has 0 radical (unpaired) electrons. The highest BCUT2D eigenvalue weighted by atomic mass is 16.5. The maximum absolute atomic E-state index is 11.5. The molecule has 154 valence electrons. The molecule has 2 heterocycles. The lowest BCUT2D eigenvalue weighted by Crippen LogP contribution is -2.34. The third-order valence-electron chi connectivity index (χ3n) is 6.07. The van der Waals surface area contributed by atoms with Gasteiger partial charge in [-0.3, -0.25) is 0 Å². The van der Waals surface area contributed by atoms with Crippen molar-refractivity contribution in [2.45, 2.75) is 0 Å². The van der Waals surface area contributed by atoms with E-state index in [1.54, 1.807) is 13.2 Å². The number of hydrogen-bond acceptors (Lipinski definition) is 4. The van der Waals surface area contributed by atoms with E-state index in [0.29, 0.717) is 0 Å². The average Bonchev–Trinajstić information content (AvgIpc) is 2.81. The molecule has 0 saturated carbocycles. The summed E-state index contributed by atoms with van der Waals surface area (Å²) in [5.74, 6) is 0.452. The average molecular weight is 411 g/mol. The number of aromatic nitrogens is 1. The molecule has 0 fully saturated rings. The highest BCUT2D eigenvalue weighted by molar-refractivity contribution is 6.17. The fraction of sp³-hybridized carbons (Fsp3) is 0.154. The summed E-state index contributed by atoms with van der Waals surface area (Å²) < 4.78 is 12.6. The zero-order valence-corrected chi connectivity index (χ0v) is 18.0. The van der Waals surface area contributed by atoms with E-state index in [4.69, 9.17) is 9.47 Å². The van der Waals surface area contributed by atoms with Crippen LogP contribution < -0.4 is 14.2 Å². The van der Waals surface area contributed by atoms with Crippen LogP contribution in [-0.2, 0) is 16.6 Å². The number of fused-ring (bicyclic) bond motifs is 4. The molecule has 0 spiro atoms. The lowest BCUT2D eigenvalue weighted by atomic mass is 9.92. The Morgan fingerprint density at radius 3 is 2.58 bits per heavy atom. The van der Waals surface area contributed by atoms with E-state index in [9.17, 15) is 4.79 Å². The third kappa shape index (κ3) is 2.85. The van der Waals surface area contributed by atoms with E-state index in [1.165, 1.54) is 35.0 Å². The smallest absolute Gasteiger partial charge is 0.330 e. The Morgan fingerprint density at radius 1 is 1.00 bits per heavy atom. The van der Waals surface area contributed by atoms with Gasteiger partial charge in [-0.15, -0.1) is 0 Å². The Morgan fingerprint density at radius 2 is 1.81 bits per heavy atom. The predicted octanol–water partition coefficient (Wildman–Crippen LogP) is 4.76. The van der Waals surface area contributed by atoms with Crippen molar-refractivity contribution in [3.63, 3.8) is 0 Å². The van der Waals surface area contributed by atoms with E-state index in [-0.39, 0.29) is 5.97 Å². The summed E-state index contributed by atoms with van der Waals surface area (Å²) in [6.07, 6.45) is 3.22. The molecule has 0 unspecified atom stereocenters. The predicted molar refractivity (Wildman–Crippen MR) is 124 cm³/mol. The molecule has 3 aromatic carbocycles. The van der Waals surface area contributed by atoms with Crippen LogP contribution in [0.5, 0.6) is 5.75 Å². The number of rotatable bonds is 3. The van der Waals surface area contributed by atoms with Crippen molar-refractivity contribution in [1.82, 2.24) is 0 Å². The highest BCUT2D eigenvalue weighted by Crippen LogP contribution is 2.48. The number of hydrogen-bond donors (Lipinski definition) is 0. The summed E-state index contributed by atoms with van der Waals surface area (Å²) in [5, 5.41) is 3.57. The SMILES string of the molecule is COC(=O)/C=C/c1ccc2c(c1)N(C)c1cc(OC)cc3c1c-2[n+](C)c1ccccc31. The number of nitrogens with zero attached hydrogens (tertiary/aromatic N) is 2. The number of anilines is 2. The van der Waals surface area contributed by atoms with Gasteiger partial charge in [0.05, 0.1) is 41.9 Å². The summed E-state index contributed by atoms with van der Waals surface area (Å²) in [7, 11) is 7.26. The minimum atomic E-state index is -0.371. The Balaban J connectivity index is 1.86. The van der Waals surface area contributed by atoms with Crippen molar-refractivity contribution >= 4 is 45.1 Å². The quantitative estimate of drug-likeness (QED) is 0.211. The second kappa shape index (κ2) is 7.13. The lowest BCUT2D eigenvalue weighted by molar-refractivity contribution is -0.632. The number of para-hydroxylation sites is 1. The highest BCUT2D eigenvalue weighted by Gasteiger charge is 2.31. The topological polar surface area (TPSA) is 42.6 Å². The Hall–Kier alpha value is -3.86. The van der Waals surface area contributed by atoms with Crippen molar-refractivity contribution in [1.29, 1.82) is 0 Å². The Kier molecular flexibility index (Phi) is 4.40. The molecule has 1 aliphatic heterocycles. The molecule has 1 aliphatic rings. The van der Waals surface area contributed by atoms with Crippen LogP contribution in [0.1, 0.15) is 5.56 Å². The monoisotopic (exact) mass is 411 g/mol. The van der Waals surface area contributed by atoms with Crippen molar-refractivity contribution in [2.75, 3.05) is 26.2 Å². The molecule has 5 heteroatoms. The van der Waals surface area contributed by atoms with Crippen molar-refractivity contribution in [3.8, 4) is 17.0 Å². The van der Waals surface area contributed by atoms with Crippen LogP contribution in [0.15, 0.2) is 60.7 Å². The summed E-state index contributed by atoms with van der Waals surface area (Å²) in [4.78, 5) is 13.7. The van der Waals surface area contributed by atoms with Gasteiger partial charge in [0.1, 0.15) is 12.8 Å². The van der Waals surface area contributed by atoms with Crippen molar-refractivity contribution < 1.29 is 18.8 Å². The van der Waals surface area contributed by atoms with Crippen molar-refractivity contribution in [2.24, 2.45) is 7.05 Å². The van der Waals surface area contributed by atoms with Gasteiger partial charge in [-0.2, -0.15) is 4.57 Å². The number of pyridine rings is 1. The van der Waals surface area contributed by atoms with Gasteiger partial charge in [0.2, 0.25) is 11.2 Å². The molecule has 4 aromatic rings. The van der Waals surface area contributed by atoms with Gasteiger partial charge in [-0.1, -0.05) is 18.2 Å². The van der Waals surface area contributed by atoms with Crippen LogP contribution in [0, 0.1) is 0 Å². The van der Waals surface area contributed by atoms with Crippen LogP contribution in [0.3, 0.4) is 0 Å². The first-order valence-corrected chi connectivity index (χ1v) is 10.1. The molecule has 5 nitrogen and oxygen atoms in total. The summed E-state index contributed by atoms with van der Waals surface area (Å²) in [6.45, 7) is 0. The Labute approximate surface area is 180 Å². The molecule has 0 N–H and O–H groups in total. The van der Waals surface area contributed by atoms with E-state index in [1.807, 2.05) is 6.07 Å². The van der Waals surface area contributed by atoms with E-state index in [2.05, 4.69) is 72.1 Å². The normalized spacial score (nSPS) is 12.5. The van der Waals surface area contributed by atoms with Gasteiger partial charge in [-0.25, -0.2) is 4.79 Å². The van der Waals surface area contributed by atoms with Gasteiger partial charge in [0, 0.05) is 30.6 Å². The fourth-order valence-corrected chi connectivity index (χ4v) is 4.53. The first kappa shape index (κ1) is 19.1. The minimum Gasteiger partial charge on any atom is -0.497 e. The third-order valence-corrected chi connectivity index (χ3v) is 6.07. The van der Waals surface area contributed by atoms with Crippen LogP contribution >= 0.6 is 0 Å². The molecule has 31 heavy (non-hydrogen) atoms. The van der Waals surface area contributed by atoms with Crippen LogP contribution in [-0.4, -0.2) is 27.2 Å². The molecular formula is C26H23N2O3+. The summed E-state index contributed by atoms with van der Waals surface area (Å²) in [5.41, 5.74) is 6.57. The van der Waals surface area contributed by atoms with Gasteiger partial charge < -0.3 is 14.4 Å². The lowest BCUT2D eigenvalue weighted by Gasteiger charge is -2.29.